The highest BCUT2D eigenvalue weighted by Gasteiger charge is 2.57. The molecule has 0 amide bonds. The number of ether oxygens (including phenoxy) is 1. The van der Waals surface area contributed by atoms with Gasteiger partial charge in [-0.2, -0.15) is 18.3 Å². The van der Waals surface area contributed by atoms with Gasteiger partial charge in [0, 0.05) is 29.9 Å². The zero-order valence-electron chi connectivity index (χ0n) is 20.6. The number of hydrogen-bond donors (Lipinski definition) is 1. The maximum absolute atomic E-state index is 14.6. The SMILES string of the molecule is CC(C)(CC(O)(Cn1nc(Cl)c(=O)c2ccccc21)C(F)(F)F)c1cc(-c2cncnc2)cc2c1OCC2. The van der Waals surface area contributed by atoms with Gasteiger partial charge in [-0.05, 0) is 47.2 Å². The second-order valence-corrected chi connectivity index (χ2v) is 10.5. The van der Waals surface area contributed by atoms with Gasteiger partial charge in [-0.25, -0.2) is 9.97 Å². The van der Waals surface area contributed by atoms with Crippen molar-refractivity contribution in [3.63, 3.8) is 0 Å². The molecule has 38 heavy (non-hydrogen) atoms. The first-order chi connectivity index (χ1) is 17.9. The van der Waals surface area contributed by atoms with Crippen LogP contribution < -0.4 is 10.2 Å². The molecule has 1 unspecified atom stereocenters. The summed E-state index contributed by atoms with van der Waals surface area (Å²) in [6.45, 7) is 2.71. The summed E-state index contributed by atoms with van der Waals surface area (Å²) in [6, 6.07) is 9.77. The van der Waals surface area contributed by atoms with E-state index in [1.165, 1.54) is 18.5 Å². The Labute approximate surface area is 220 Å². The zero-order chi connectivity index (χ0) is 27.3. The van der Waals surface area contributed by atoms with Crippen molar-refractivity contribution in [3.8, 4) is 16.9 Å². The van der Waals surface area contributed by atoms with E-state index in [1.54, 1.807) is 44.4 Å². The zero-order valence-corrected chi connectivity index (χ0v) is 21.3. The van der Waals surface area contributed by atoms with Crippen molar-refractivity contribution in [1.82, 2.24) is 19.7 Å². The predicted octanol–water partition coefficient (Wildman–Crippen LogP) is 5.10. The van der Waals surface area contributed by atoms with Gasteiger partial charge in [-0.3, -0.25) is 9.48 Å². The molecule has 198 valence electrons. The quantitative estimate of drug-likeness (QED) is 0.363. The highest BCUT2D eigenvalue weighted by molar-refractivity contribution is 6.29. The monoisotopic (exact) mass is 544 g/mol. The summed E-state index contributed by atoms with van der Waals surface area (Å²) in [7, 11) is 0. The van der Waals surface area contributed by atoms with Crippen molar-refractivity contribution in [3.05, 3.63) is 81.6 Å². The summed E-state index contributed by atoms with van der Waals surface area (Å²) in [5.74, 6) is 0.523. The molecular formula is C27H24ClF3N4O3. The lowest BCUT2D eigenvalue weighted by Crippen LogP contribution is -2.52. The number of aromatic nitrogens is 4. The fraction of sp³-hybridized carbons (Fsp3) is 0.333. The van der Waals surface area contributed by atoms with Crippen LogP contribution in [0.15, 0.2) is 59.9 Å². The van der Waals surface area contributed by atoms with Crippen LogP contribution >= 0.6 is 11.6 Å². The van der Waals surface area contributed by atoms with E-state index in [4.69, 9.17) is 16.3 Å². The van der Waals surface area contributed by atoms with E-state index in [-0.39, 0.29) is 10.9 Å². The van der Waals surface area contributed by atoms with Crippen LogP contribution in [0.3, 0.4) is 0 Å². The Balaban J connectivity index is 1.60. The molecule has 2 aromatic carbocycles. The molecule has 1 aliphatic rings. The number of benzene rings is 2. The molecule has 0 fully saturated rings. The van der Waals surface area contributed by atoms with Crippen LogP contribution in [0.2, 0.25) is 5.15 Å². The molecule has 2 aromatic heterocycles. The second-order valence-electron chi connectivity index (χ2n) is 10.1. The van der Waals surface area contributed by atoms with E-state index in [0.717, 1.165) is 15.8 Å². The van der Waals surface area contributed by atoms with Gasteiger partial charge in [0.25, 0.3) is 0 Å². The molecular weight excluding hydrogens is 521 g/mol. The molecule has 11 heteroatoms. The lowest BCUT2D eigenvalue weighted by molar-refractivity contribution is -0.272. The lowest BCUT2D eigenvalue weighted by atomic mass is 9.73. The number of rotatable bonds is 6. The number of hydrogen-bond acceptors (Lipinski definition) is 6. The van der Waals surface area contributed by atoms with Crippen LogP contribution in [-0.2, 0) is 18.4 Å². The third-order valence-corrected chi connectivity index (χ3v) is 7.15. The molecule has 0 saturated heterocycles. The van der Waals surface area contributed by atoms with Crippen LogP contribution in [0.5, 0.6) is 5.75 Å². The summed E-state index contributed by atoms with van der Waals surface area (Å²) in [5.41, 5.74) is -2.03. The van der Waals surface area contributed by atoms with Gasteiger partial charge < -0.3 is 9.84 Å². The molecule has 4 aromatic rings. The molecule has 1 atom stereocenters. The van der Waals surface area contributed by atoms with Crippen molar-refractivity contribution >= 4 is 22.5 Å². The first kappa shape index (κ1) is 26.1. The molecule has 3 heterocycles. The van der Waals surface area contributed by atoms with Crippen molar-refractivity contribution < 1.29 is 23.0 Å². The van der Waals surface area contributed by atoms with Gasteiger partial charge in [0.1, 0.15) is 12.1 Å². The van der Waals surface area contributed by atoms with E-state index in [0.29, 0.717) is 29.9 Å². The van der Waals surface area contributed by atoms with Gasteiger partial charge in [-0.1, -0.05) is 37.6 Å². The Morgan fingerprint density at radius 1 is 1.11 bits per heavy atom. The Hall–Kier alpha value is -3.50. The van der Waals surface area contributed by atoms with Crippen LogP contribution in [0, 0.1) is 0 Å². The Bertz CT molecular complexity index is 1570. The molecule has 0 spiro atoms. The smallest absolute Gasteiger partial charge is 0.419 e. The van der Waals surface area contributed by atoms with Gasteiger partial charge in [0.2, 0.25) is 5.43 Å². The Kier molecular flexibility index (Phi) is 6.43. The normalized spacial score (nSPS) is 15.2. The van der Waals surface area contributed by atoms with Crippen molar-refractivity contribution in [2.75, 3.05) is 6.61 Å². The first-order valence-electron chi connectivity index (χ1n) is 11.9. The summed E-state index contributed by atoms with van der Waals surface area (Å²) in [5, 5.41) is 14.8. The fourth-order valence-corrected chi connectivity index (χ4v) is 5.27. The van der Waals surface area contributed by atoms with Crippen LogP contribution in [0.4, 0.5) is 13.2 Å². The lowest BCUT2D eigenvalue weighted by Gasteiger charge is -2.38. The van der Waals surface area contributed by atoms with E-state index < -0.39 is 40.7 Å². The molecule has 1 N–H and O–H groups in total. The number of nitrogens with zero attached hydrogens (tertiary/aromatic N) is 4. The molecule has 0 aliphatic carbocycles. The van der Waals surface area contributed by atoms with E-state index >= 15 is 0 Å². The molecule has 0 radical (unpaired) electrons. The number of aliphatic hydroxyl groups is 1. The average Bonchev–Trinajstić information content (AvgIpc) is 3.35. The van der Waals surface area contributed by atoms with Crippen molar-refractivity contribution in [2.24, 2.45) is 0 Å². The molecule has 0 bridgehead atoms. The largest absolute Gasteiger partial charge is 0.493 e. The molecule has 0 saturated carbocycles. The van der Waals surface area contributed by atoms with Gasteiger partial charge >= 0.3 is 6.18 Å². The highest BCUT2D eigenvalue weighted by Crippen LogP contribution is 2.47. The number of alkyl halides is 3. The minimum Gasteiger partial charge on any atom is -0.493 e. The minimum atomic E-state index is -5.03. The molecule has 5 rings (SSSR count). The van der Waals surface area contributed by atoms with Gasteiger partial charge in [-0.15, -0.1) is 0 Å². The van der Waals surface area contributed by atoms with Crippen molar-refractivity contribution in [2.45, 2.75) is 50.4 Å². The summed E-state index contributed by atoms with van der Waals surface area (Å²) >= 11 is 5.97. The van der Waals surface area contributed by atoms with Crippen LogP contribution in [-0.4, -0.2) is 43.2 Å². The van der Waals surface area contributed by atoms with E-state index in [2.05, 4.69) is 15.1 Å². The standard InChI is InChI=1S/C27H24ClF3N4O3/c1-25(2,20-10-17(18-11-32-15-33-12-18)9-16-7-8-38-23(16)20)13-26(37,27(29,30)31)14-35-21-6-4-3-5-19(21)22(36)24(28)34-35/h3-6,9-12,15,37H,7-8,13-14H2,1-2H3. The van der Waals surface area contributed by atoms with Crippen LogP contribution in [0.1, 0.15) is 31.4 Å². The van der Waals surface area contributed by atoms with Crippen LogP contribution in [0.25, 0.3) is 22.0 Å². The summed E-state index contributed by atoms with van der Waals surface area (Å²) < 4.78 is 50.6. The average molecular weight is 545 g/mol. The number of fused-ring (bicyclic) bond motifs is 2. The topological polar surface area (TPSA) is 90.1 Å². The third-order valence-electron chi connectivity index (χ3n) is 6.90. The number of halogens is 4. The maximum atomic E-state index is 14.6. The molecule has 1 aliphatic heterocycles. The predicted molar refractivity (Wildman–Crippen MR) is 136 cm³/mol. The van der Waals surface area contributed by atoms with Gasteiger partial charge in [0.05, 0.1) is 24.1 Å². The minimum absolute atomic E-state index is 0.111. The van der Waals surface area contributed by atoms with E-state index in [1.807, 2.05) is 6.07 Å². The Morgan fingerprint density at radius 2 is 1.82 bits per heavy atom. The first-order valence-corrected chi connectivity index (χ1v) is 12.3. The second kappa shape index (κ2) is 9.36. The Morgan fingerprint density at radius 3 is 2.53 bits per heavy atom. The van der Waals surface area contributed by atoms with Gasteiger partial charge in [0.15, 0.2) is 10.8 Å². The number of para-hydroxylation sites is 1. The summed E-state index contributed by atoms with van der Waals surface area (Å²) in [4.78, 5) is 20.5. The maximum Gasteiger partial charge on any atom is 0.419 e. The summed E-state index contributed by atoms with van der Waals surface area (Å²) in [6.07, 6.45) is -0.482. The van der Waals surface area contributed by atoms with E-state index in [9.17, 15) is 23.1 Å². The fourth-order valence-electron chi connectivity index (χ4n) is 5.07. The highest BCUT2D eigenvalue weighted by atomic mass is 35.5. The third kappa shape index (κ3) is 4.63. The molecule has 7 nitrogen and oxygen atoms in total. The van der Waals surface area contributed by atoms with Crippen molar-refractivity contribution in [1.29, 1.82) is 0 Å².